The Morgan fingerprint density at radius 3 is 2.31 bits per heavy atom. The first-order chi connectivity index (χ1) is 14.0. The van der Waals surface area contributed by atoms with Crippen molar-refractivity contribution in [3.05, 3.63) is 58.3 Å². The molecule has 0 spiro atoms. The average Bonchev–Trinajstić information content (AvgIpc) is 3.16. The first kappa shape index (κ1) is 21.5. The van der Waals surface area contributed by atoms with Gasteiger partial charge in [-0.15, -0.1) is 11.3 Å². The zero-order chi connectivity index (χ0) is 20.6. The molecule has 0 saturated carbocycles. The Morgan fingerprint density at radius 2 is 1.69 bits per heavy atom. The summed E-state index contributed by atoms with van der Waals surface area (Å²) in [4.78, 5) is 31.9. The molecule has 1 saturated heterocycles. The second kappa shape index (κ2) is 10.5. The molecule has 7 heteroatoms. The Labute approximate surface area is 177 Å². The van der Waals surface area contributed by atoms with E-state index >= 15 is 0 Å². The standard InChI is InChI=1S/C22H30N4O2S/c1-24(2)21(28)17-26-12-7-11-25(13-14-26)16-20(27)23-22(19-10-6-15-29-19)18-8-4-3-5-9-18/h3-6,8-10,15,22H,7,11-14,16-17H2,1-2H3,(H,23,27). The van der Waals surface area contributed by atoms with E-state index in [1.807, 2.05) is 29.6 Å². The SMILES string of the molecule is CN(C)C(=O)CN1CCCN(CC(=O)NC(c2ccccc2)c2cccs2)CC1. The molecule has 3 rings (SSSR count). The van der Waals surface area contributed by atoms with Crippen LogP contribution in [0, 0.1) is 0 Å². The third-order valence-electron chi connectivity index (χ3n) is 5.17. The monoisotopic (exact) mass is 414 g/mol. The number of nitrogens with zero attached hydrogens (tertiary/aromatic N) is 3. The lowest BCUT2D eigenvalue weighted by Crippen LogP contribution is -2.41. The maximum atomic E-state index is 12.8. The van der Waals surface area contributed by atoms with Crippen LogP contribution in [-0.4, -0.2) is 79.9 Å². The van der Waals surface area contributed by atoms with Gasteiger partial charge in [0.15, 0.2) is 0 Å². The second-order valence-electron chi connectivity index (χ2n) is 7.62. The molecule has 0 bridgehead atoms. The lowest BCUT2D eigenvalue weighted by atomic mass is 10.1. The van der Waals surface area contributed by atoms with E-state index in [0.717, 1.165) is 43.0 Å². The molecule has 1 unspecified atom stereocenters. The molecule has 156 valence electrons. The fourth-order valence-corrected chi connectivity index (χ4v) is 4.31. The van der Waals surface area contributed by atoms with E-state index in [2.05, 4.69) is 33.3 Å². The van der Waals surface area contributed by atoms with Crippen molar-refractivity contribution in [1.82, 2.24) is 20.0 Å². The molecule has 1 aromatic carbocycles. The van der Waals surface area contributed by atoms with E-state index in [-0.39, 0.29) is 17.9 Å². The number of thiophene rings is 1. The van der Waals surface area contributed by atoms with Gasteiger partial charge in [-0.2, -0.15) is 0 Å². The van der Waals surface area contributed by atoms with Crippen molar-refractivity contribution in [3.63, 3.8) is 0 Å². The number of rotatable bonds is 7. The fraction of sp³-hybridized carbons (Fsp3) is 0.455. The van der Waals surface area contributed by atoms with E-state index in [1.165, 1.54) is 0 Å². The van der Waals surface area contributed by atoms with E-state index in [0.29, 0.717) is 13.1 Å². The summed E-state index contributed by atoms with van der Waals surface area (Å²) in [5.74, 6) is 0.155. The molecular weight excluding hydrogens is 384 g/mol. The molecule has 29 heavy (non-hydrogen) atoms. The number of benzene rings is 1. The van der Waals surface area contributed by atoms with Crippen molar-refractivity contribution < 1.29 is 9.59 Å². The van der Waals surface area contributed by atoms with Crippen LogP contribution in [-0.2, 0) is 9.59 Å². The molecule has 1 aliphatic heterocycles. The number of hydrogen-bond donors (Lipinski definition) is 1. The zero-order valence-electron chi connectivity index (χ0n) is 17.2. The lowest BCUT2D eigenvalue weighted by Gasteiger charge is -2.23. The first-order valence-electron chi connectivity index (χ1n) is 10.1. The Kier molecular flexibility index (Phi) is 7.80. The van der Waals surface area contributed by atoms with Crippen LogP contribution in [0.3, 0.4) is 0 Å². The number of amides is 2. The van der Waals surface area contributed by atoms with Gasteiger partial charge in [-0.25, -0.2) is 0 Å². The molecule has 2 aromatic rings. The molecule has 1 aromatic heterocycles. The van der Waals surface area contributed by atoms with Crippen molar-refractivity contribution in [1.29, 1.82) is 0 Å². The highest BCUT2D eigenvalue weighted by molar-refractivity contribution is 7.10. The Hall–Kier alpha value is -2.22. The van der Waals surface area contributed by atoms with Crippen LogP contribution in [0.5, 0.6) is 0 Å². The summed E-state index contributed by atoms with van der Waals surface area (Å²) in [7, 11) is 3.57. The average molecular weight is 415 g/mol. The predicted octanol–water partition coefficient (Wildman–Crippen LogP) is 2.05. The van der Waals surface area contributed by atoms with Gasteiger partial charge in [0.05, 0.1) is 19.1 Å². The molecule has 1 fully saturated rings. The summed E-state index contributed by atoms with van der Waals surface area (Å²) in [6, 6.07) is 14.0. The molecular formula is C22H30N4O2S. The molecule has 0 radical (unpaired) electrons. The highest BCUT2D eigenvalue weighted by atomic mass is 32.1. The maximum Gasteiger partial charge on any atom is 0.236 e. The Morgan fingerprint density at radius 1 is 1.00 bits per heavy atom. The number of likely N-dealkylation sites (N-methyl/N-ethyl adjacent to an activating group) is 1. The van der Waals surface area contributed by atoms with Crippen LogP contribution in [0.25, 0.3) is 0 Å². The fourth-order valence-electron chi connectivity index (χ4n) is 3.50. The van der Waals surface area contributed by atoms with Crippen molar-refractivity contribution in [3.8, 4) is 0 Å². The smallest absolute Gasteiger partial charge is 0.236 e. The van der Waals surface area contributed by atoms with Gasteiger partial charge in [0.25, 0.3) is 0 Å². The van der Waals surface area contributed by atoms with E-state index < -0.39 is 0 Å². The van der Waals surface area contributed by atoms with Crippen molar-refractivity contribution in [2.24, 2.45) is 0 Å². The van der Waals surface area contributed by atoms with E-state index in [4.69, 9.17) is 0 Å². The molecule has 1 N–H and O–H groups in total. The third-order valence-corrected chi connectivity index (χ3v) is 6.11. The van der Waals surface area contributed by atoms with Gasteiger partial charge < -0.3 is 10.2 Å². The van der Waals surface area contributed by atoms with Gasteiger partial charge in [0, 0.05) is 32.1 Å². The lowest BCUT2D eigenvalue weighted by molar-refractivity contribution is -0.130. The number of nitrogens with one attached hydrogen (secondary N) is 1. The van der Waals surface area contributed by atoms with Crippen LogP contribution >= 0.6 is 11.3 Å². The quantitative estimate of drug-likeness (QED) is 0.754. The minimum Gasteiger partial charge on any atom is -0.348 e. The van der Waals surface area contributed by atoms with Gasteiger partial charge >= 0.3 is 0 Å². The summed E-state index contributed by atoms with van der Waals surface area (Å²) in [6.45, 7) is 4.18. The summed E-state index contributed by atoms with van der Waals surface area (Å²) >= 11 is 1.65. The van der Waals surface area contributed by atoms with Gasteiger partial charge in [0.1, 0.15) is 0 Å². The topological polar surface area (TPSA) is 55.9 Å². The number of hydrogen-bond acceptors (Lipinski definition) is 5. The minimum atomic E-state index is -0.120. The Bertz CT molecular complexity index is 779. The largest absolute Gasteiger partial charge is 0.348 e. The number of carbonyl (C=O) groups is 2. The van der Waals surface area contributed by atoms with Gasteiger partial charge in [-0.1, -0.05) is 36.4 Å². The summed E-state index contributed by atoms with van der Waals surface area (Å²) in [5, 5.41) is 5.25. The predicted molar refractivity (Wildman–Crippen MR) is 117 cm³/mol. The van der Waals surface area contributed by atoms with Gasteiger partial charge in [0.2, 0.25) is 11.8 Å². The van der Waals surface area contributed by atoms with Crippen LogP contribution in [0.1, 0.15) is 22.9 Å². The Balaban J connectivity index is 1.56. The van der Waals surface area contributed by atoms with Crippen molar-refractivity contribution in [2.45, 2.75) is 12.5 Å². The minimum absolute atomic E-state index is 0.0325. The third kappa shape index (κ3) is 6.39. The molecule has 2 heterocycles. The second-order valence-corrected chi connectivity index (χ2v) is 8.60. The van der Waals surface area contributed by atoms with Crippen molar-refractivity contribution in [2.75, 3.05) is 53.4 Å². The van der Waals surface area contributed by atoms with Gasteiger partial charge in [-0.05, 0) is 36.5 Å². The molecule has 0 aliphatic carbocycles. The van der Waals surface area contributed by atoms with Crippen LogP contribution in [0.2, 0.25) is 0 Å². The molecule has 1 atom stereocenters. The zero-order valence-corrected chi connectivity index (χ0v) is 18.0. The van der Waals surface area contributed by atoms with Crippen LogP contribution < -0.4 is 5.32 Å². The van der Waals surface area contributed by atoms with Crippen molar-refractivity contribution >= 4 is 23.2 Å². The first-order valence-corrected chi connectivity index (χ1v) is 10.9. The summed E-state index contributed by atoms with van der Waals surface area (Å²) < 4.78 is 0. The van der Waals surface area contributed by atoms with E-state index in [9.17, 15) is 9.59 Å². The molecule has 2 amide bonds. The van der Waals surface area contributed by atoms with Crippen LogP contribution in [0.15, 0.2) is 47.8 Å². The maximum absolute atomic E-state index is 12.8. The summed E-state index contributed by atoms with van der Waals surface area (Å²) in [5.41, 5.74) is 1.09. The highest BCUT2D eigenvalue weighted by Gasteiger charge is 2.22. The molecule has 6 nitrogen and oxygen atoms in total. The normalized spacial score (nSPS) is 16.8. The molecule has 1 aliphatic rings. The van der Waals surface area contributed by atoms with Gasteiger partial charge in [-0.3, -0.25) is 19.4 Å². The summed E-state index contributed by atoms with van der Waals surface area (Å²) in [6.07, 6.45) is 0.959. The van der Waals surface area contributed by atoms with Crippen LogP contribution in [0.4, 0.5) is 0 Å². The number of carbonyl (C=O) groups excluding carboxylic acids is 2. The van der Waals surface area contributed by atoms with E-state index in [1.54, 1.807) is 30.3 Å². The highest BCUT2D eigenvalue weighted by Crippen LogP contribution is 2.25.